The maximum atomic E-state index is 2.51. The van der Waals surface area contributed by atoms with Gasteiger partial charge in [-0.3, -0.25) is 0 Å². The molecule has 0 atom stereocenters. The molecule has 3 aromatic carbocycles. The number of aromatic nitrogens is 1. The lowest BCUT2D eigenvalue weighted by Gasteiger charge is -2.31. The van der Waals surface area contributed by atoms with E-state index in [0.29, 0.717) is 0 Å². The zero-order valence-electron chi connectivity index (χ0n) is 30.0. The molecular formula is C45H53N2+. The lowest BCUT2D eigenvalue weighted by molar-refractivity contribution is -0.685. The maximum Gasteiger partial charge on any atom is 0.213 e. The second-order valence-electron chi connectivity index (χ2n) is 14.9. The minimum atomic E-state index is 0.134. The second kappa shape index (κ2) is 13.1. The van der Waals surface area contributed by atoms with E-state index < -0.39 is 0 Å². The van der Waals surface area contributed by atoms with E-state index in [2.05, 4.69) is 168 Å². The molecule has 2 aliphatic rings. The summed E-state index contributed by atoms with van der Waals surface area (Å²) in [7, 11) is 0. The normalized spacial score (nSPS) is 15.5. The molecule has 1 aliphatic heterocycles. The van der Waals surface area contributed by atoms with Gasteiger partial charge in [-0.25, -0.2) is 0 Å². The van der Waals surface area contributed by atoms with Crippen LogP contribution in [-0.2, 0) is 12.0 Å². The lowest BCUT2D eigenvalue weighted by atomic mass is 9.77. The van der Waals surface area contributed by atoms with Crippen LogP contribution in [0.2, 0.25) is 0 Å². The first kappa shape index (κ1) is 32.8. The zero-order chi connectivity index (χ0) is 33.3. The van der Waals surface area contributed by atoms with Crippen molar-refractivity contribution in [1.29, 1.82) is 0 Å². The zero-order valence-corrected chi connectivity index (χ0v) is 30.0. The number of hydrogen-bond acceptors (Lipinski definition) is 1. The van der Waals surface area contributed by atoms with Crippen molar-refractivity contribution in [3.8, 4) is 11.3 Å². The number of rotatable bonds is 10. The molecule has 0 radical (unpaired) electrons. The maximum absolute atomic E-state index is 2.51. The number of pyridine rings is 1. The third-order valence-corrected chi connectivity index (χ3v) is 11.0. The molecule has 0 N–H and O–H groups in total. The molecule has 0 bridgehead atoms. The van der Waals surface area contributed by atoms with E-state index in [1.165, 1.54) is 66.3 Å². The van der Waals surface area contributed by atoms with Gasteiger partial charge >= 0.3 is 0 Å². The van der Waals surface area contributed by atoms with E-state index in [-0.39, 0.29) is 10.8 Å². The van der Waals surface area contributed by atoms with Crippen molar-refractivity contribution in [2.75, 3.05) is 6.54 Å². The summed E-state index contributed by atoms with van der Waals surface area (Å²) >= 11 is 0. The molecule has 4 aromatic rings. The monoisotopic (exact) mass is 621 g/mol. The molecule has 0 fully saturated rings. The van der Waals surface area contributed by atoms with E-state index >= 15 is 0 Å². The Kier molecular flexibility index (Phi) is 9.16. The van der Waals surface area contributed by atoms with E-state index in [1.54, 1.807) is 0 Å². The summed E-state index contributed by atoms with van der Waals surface area (Å²) in [4.78, 5) is 2.43. The van der Waals surface area contributed by atoms with Crippen LogP contribution in [0.3, 0.4) is 0 Å². The van der Waals surface area contributed by atoms with Gasteiger partial charge in [0, 0.05) is 37.0 Å². The summed E-state index contributed by atoms with van der Waals surface area (Å²) in [6, 6.07) is 23.1. The molecule has 1 aliphatic carbocycles. The van der Waals surface area contributed by atoms with Gasteiger partial charge in [0.15, 0.2) is 12.7 Å². The number of fused-ring (bicyclic) bond motifs is 3. The van der Waals surface area contributed by atoms with Crippen LogP contribution in [-0.4, -0.2) is 11.4 Å². The second-order valence-corrected chi connectivity index (χ2v) is 14.9. The predicted octanol–water partition coefficient (Wildman–Crippen LogP) is 11.9. The number of benzene rings is 3. The molecule has 1 aromatic heterocycles. The van der Waals surface area contributed by atoms with E-state index in [0.717, 1.165) is 38.8 Å². The Morgan fingerprint density at radius 2 is 1.62 bits per heavy atom. The fourth-order valence-corrected chi connectivity index (χ4v) is 7.10. The van der Waals surface area contributed by atoms with Gasteiger partial charge in [0.1, 0.15) is 0 Å². The Labute approximate surface area is 283 Å². The Hall–Kier alpha value is -4.17. The van der Waals surface area contributed by atoms with Crippen molar-refractivity contribution >= 4 is 27.6 Å². The van der Waals surface area contributed by atoms with Crippen LogP contribution in [0.4, 0.5) is 0 Å². The van der Waals surface area contributed by atoms with Crippen molar-refractivity contribution in [2.45, 2.75) is 93.0 Å². The SMILES string of the molecule is CCC1=CC(C(C)(C)C)=CCN1/C=C\c1cc2ccc3ccccc3c2cc1-c1cc(C(C)(CC)CC)cc[n+]1CCC1=CC=C1C. The lowest BCUT2D eigenvalue weighted by Crippen LogP contribution is -2.37. The van der Waals surface area contributed by atoms with Gasteiger partial charge in [-0.05, 0) is 111 Å². The smallest absolute Gasteiger partial charge is 0.213 e. The van der Waals surface area contributed by atoms with E-state index in [9.17, 15) is 0 Å². The third kappa shape index (κ3) is 6.53. The molecule has 2 heterocycles. The molecule has 0 saturated heterocycles. The van der Waals surface area contributed by atoms with Crippen LogP contribution >= 0.6 is 0 Å². The summed E-state index contributed by atoms with van der Waals surface area (Å²) in [5.74, 6) is 0. The van der Waals surface area contributed by atoms with Gasteiger partial charge in [0.25, 0.3) is 0 Å². The highest BCUT2D eigenvalue weighted by Crippen LogP contribution is 2.37. The van der Waals surface area contributed by atoms with Gasteiger partial charge in [-0.2, -0.15) is 4.57 Å². The van der Waals surface area contributed by atoms with Crippen LogP contribution < -0.4 is 4.57 Å². The van der Waals surface area contributed by atoms with Gasteiger partial charge in [-0.15, -0.1) is 0 Å². The van der Waals surface area contributed by atoms with Gasteiger partial charge in [-0.1, -0.05) is 103 Å². The molecule has 0 spiro atoms. The first-order valence-electron chi connectivity index (χ1n) is 17.8. The molecule has 0 amide bonds. The minimum Gasteiger partial charge on any atom is -0.348 e. The van der Waals surface area contributed by atoms with Crippen molar-refractivity contribution in [3.05, 3.63) is 131 Å². The molecule has 242 valence electrons. The Morgan fingerprint density at radius 3 is 2.30 bits per heavy atom. The summed E-state index contributed by atoms with van der Waals surface area (Å²) in [5, 5.41) is 5.18. The van der Waals surface area contributed by atoms with Crippen LogP contribution in [0.25, 0.3) is 38.9 Å². The fourth-order valence-electron chi connectivity index (χ4n) is 7.10. The van der Waals surface area contributed by atoms with Crippen LogP contribution in [0.5, 0.6) is 0 Å². The van der Waals surface area contributed by atoms with Crippen LogP contribution in [0.15, 0.2) is 120 Å². The van der Waals surface area contributed by atoms with E-state index in [4.69, 9.17) is 0 Å². The number of aryl methyl sites for hydroxylation is 1. The van der Waals surface area contributed by atoms with Gasteiger partial charge in [0.2, 0.25) is 5.69 Å². The Bertz CT molecular complexity index is 1970. The highest BCUT2D eigenvalue weighted by atomic mass is 15.1. The fraction of sp³-hybridized carbons (Fsp3) is 0.356. The van der Waals surface area contributed by atoms with Crippen molar-refractivity contribution in [1.82, 2.24) is 4.90 Å². The Morgan fingerprint density at radius 1 is 0.851 bits per heavy atom. The van der Waals surface area contributed by atoms with Crippen molar-refractivity contribution in [2.24, 2.45) is 5.41 Å². The Balaban J connectivity index is 1.53. The third-order valence-electron chi connectivity index (χ3n) is 11.0. The van der Waals surface area contributed by atoms with Gasteiger partial charge in [0.05, 0.1) is 5.56 Å². The minimum absolute atomic E-state index is 0.134. The van der Waals surface area contributed by atoms with Crippen molar-refractivity contribution in [3.63, 3.8) is 0 Å². The quantitative estimate of drug-likeness (QED) is 0.126. The molecule has 2 heteroatoms. The largest absolute Gasteiger partial charge is 0.348 e. The first-order chi connectivity index (χ1) is 22.5. The summed E-state index contributed by atoms with van der Waals surface area (Å²) in [6.07, 6.45) is 20.6. The molecule has 2 nitrogen and oxygen atoms in total. The predicted molar refractivity (Wildman–Crippen MR) is 203 cm³/mol. The summed E-state index contributed by atoms with van der Waals surface area (Å²) in [6.45, 7) is 20.4. The standard InChI is InChI=1S/C45H53N2/c1-9-39-29-37(44(5,6)7)22-26-46(39)24-21-36-28-35-19-18-34-14-12-13-15-40(34)41(35)31-42(36)43-30-38(45(8,10-2)11-3)23-27-47(43)25-20-33-17-16-32(33)4/h12-19,21-24,27-31H,9-11,20,25-26H2,1-8H3/q+1. The summed E-state index contributed by atoms with van der Waals surface area (Å²) in [5.41, 5.74) is 11.2. The number of nitrogens with zero attached hydrogens (tertiary/aromatic N) is 2. The average Bonchev–Trinajstić information content (AvgIpc) is 3.08. The molecule has 47 heavy (non-hydrogen) atoms. The van der Waals surface area contributed by atoms with Crippen LogP contribution in [0.1, 0.15) is 92.2 Å². The first-order valence-corrected chi connectivity index (χ1v) is 17.8. The van der Waals surface area contributed by atoms with Crippen LogP contribution in [0, 0.1) is 5.41 Å². The molecular weight excluding hydrogens is 569 g/mol. The molecule has 6 rings (SSSR count). The highest BCUT2D eigenvalue weighted by Gasteiger charge is 2.27. The van der Waals surface area contributed by atoms with Gasteiger partial charge < -0.3 is 4.90 Å². The van der Waals surface area contributed by atoms with Crippen molar-refractivity contribution < 1.29 is 4.57 Å². The number of hydrogen-bond donors (Lipinski definition) is 0. The molecule has 0 unspecified atom stereocenters. The average molecular weight is 622 g/mol. The topological polar surface area (TPSA) is 7.12 Å². The highest BCUT2D eigenvalue weighted by molar-refractivity contribution is 6.09. The van der Waals surface area contributed by atoms with E-state index in [1.807, 2.05) is 0 Å². The molecule has 0 saturated carbocycles. The number of allylic oxidation sites excluding steroid dienone is 7. The summed E-state index contributed by atoms with van der Waals surface area (Å²) < 4.78 is 2.50.